The largest absolute Gasteiger partial charge is 0.296 e. The van der Waals surface area contributed by atoms with Crippen molar-refractivity contribution in [1.29, 1.82) is 0 Å². The topological polar surface area (TPSA) is 71.3 Å². The predicted octanol–water partition coefficient (Wildman–Crippen LogP) is 0.434. The fraction of sp³-hybridized carbons (Fsp3) is 0.571. The fourth-order valence-corrected chi connectivity index (χ4v) is 4.23. The van der Waals surface area contributed by atoms with Gasteiger partial charge in [0, 0.05) is 39.3 Å². The number of aryl methyl sites for hydroxylation is 1. The number of benzene rings is 1. The number of sulfonamides is 1. The minimum atomic E-state index is -3.11. The van der Waals surface area contributed by atoms with Crippen LogP contribution in [0.5, 0.6) is 0 Å². The highest BCUT2D eigenvalue weighted by molar-refractivity contribution is 7.88. The zero-order valence-electron chi connectivity index (χ0n) is 13.1. The van der Waals surface area contributed by atoms with Crippen molar-refractivity contribution in [3.05, 3.63) is 23.8 Å². The molecule has 7 nitrogen and oxygen atoms in total. The molecule has 2 aromatic rings. The second-order valence-electron chi connectivity index (χ2n) is 5.99. The van der Waals surface area contributed by atoms with Gasteiger partial charge in [-0.3, -0.25) is 4.90 Å². The van der Waals surface area contributed by atoms with Crippen LogP contribution in [-0.2, 0) is 23.6 Å². The molecular formula is C14H21N5O2S. The lowest BCUT2D eigenvalue weighted by atomic mass is 10.1. The Hall–Kier alpha value is -1.51. The number of rotatable bonds is 3. The van der Waals surface area contributed by atoms with Gasteiger partial charge in [-0.05, 0) is 24.6 Å². The maximum Gasteiger partial charge on any atom is 0.211 e. The molecule has 0 amide bonds. The van der Waals surface area contributed by atoms with Crippen molar-refractivity contribution in [2.24, 2.45) is 7.05 Å². The molecule has 1 saturated heterocycles. The minimum absolute atomic E-state index is 0.00370. The second-order valence-corrected chi connectivity index (χ2v) is 7.93. The number of hydrogen-bond acceptors (Lipinski definition) is 5. The van der Waals surface area contributed by atoms with E-state index in [0.717, 1.165) is 30.7 Å². The van der Waals surface area contributed by atoms with Gasteiger partial charge in [0.1, 0.15) is 5.52 Å². The van der Waals surface area contributed by atoms with Gasteiger partial charge in [0.15, 0.2) is 0 Å². The van der Waals surface area contributed by atoms with Crippen LogP contribution in [0.1, 0.15) is 12.5 Å². The predicted molar refractivity (Wildman–Crippen MR) is 84.8 cm³/mol. The summed E-state index contributed by atoms with van der Waals surface area (Å²) in [6.07, 6.45) is 1.28. The maximum atomic E-state index is 11.7. The summed E-state index contributed by atoms with van der Waals surface area (Å²) in [6.45, 7) is 4.79. The molecule has 3 rings (SSSR count). The first kappa shape index (κ1) is 15.4. The molecule has 1 aromatic carbocycles. The molecule has 0 spiro atoms. The summed E-state index contributed by atoms with van der Waals surface area (Å²) in [5.41, 5.74) is 3.08. The standard InChI is InChI=1S/C14H21N5O2S/c1-11-9-18(6-7-19(11)22(3,20)21)10-12-4-5-14-13(8-12)15-16-17(14)2/h4-5,8,11H,6-7,9-10H2,1-3H3/t11-/m0/s1. The highest BCUT2D eigenvalue weighted by atomic mass is 32.2. The first-order chi connectivity index (χ1) is 10.3. The third kappa shape index (κ3) is 2.99. The number of fused-ring (bicyclic) bond motifs is 1. The summed E-state index contributed by atoms with van der Waals surface area (Å²) in [5.74, 6) is 0. The van der Waals surface area contributed by atoms with Gasteiger partial charge in [0.2, 0.25) is 10.0 Å². The fourth-order valence-electron chi connectivity index (χ4n) is 3.10. The number of hydrogen-bond donors (Lipinski definition) is 0. The molecular weight excluding hydrogens is 302 g/mol. The monoisotopic (exact) mass is 323 g/mol. The Morgan fingerprint density at radius 3 is 2.77 bits per heavy atom. The summed E-state index contributed by atoms with van der Waals surface area (Å²) in [4.78, 5) is 2.28. The van der Waals surface area contributed by atoms with E-state index in [-0.39, 0.29) is 6.04 Å². The Morgan fingerprint density at radius 2 is 2.09 bits per heavy atom. The lowest BCUT2D eigenvalue weighted by Gasteiger charge is -2.38. The van der Waals surface area contributed by atoms with Crippen LogP contribution in [0.25, 0.3) is 11.0 Å². The molecule has 0 aliphatic carbocycles. The molecule has 0 saturated carbocycles. The van der Waals surface area contributed by atoms with E-state index in [0.29, 0.717) is 6.54 Å². The summed E-state index contributed by atoms with van der Waals surface area (Å²) < 4.78 is 26.7. The molecule has 1 fully saturated rings. The quantitative estimate of drug-likeness (QED) is 0.819. The highest BCUT2D eigenvalue weighted by Gasteiger charge is 2.29. The van der Waals surface area contributed by atoms with Crippen LogP contribution < -0.4 is 0 Å². The summed E-state index contributed by atoms with van der Waals surface area (Å²) >= 11 is 0. The molecule has 22 heavy (non-hydrogen) atoms. The summed E-state index contributed by atoms with van der Waals surface area (Å²) in [7, 11) is -1.24. The van der Waals surface area contributed by atoms with E-state index in [4.69, 9.17) is 0 Å². The van der Waals surface area contributed by atoms with E-state index in [9.17, 15) is 8.42 Å². The minimum Gasteiger partial charge on any atom is -0.296 e. The van der Waals surface area contributed by atoms with E-state index < -0.39 is 10.0 Å². The van der Waals surface area contributed by atoms with Crippen molar-refractivity contribution >= 4 is 21.1 Å². The highest BCUT2D eigenvalue weighted by Crippen LogP contribution is 2.18. The Morgan fingerprint density at radius 1 is 1.32 bits per heavy atom. The van der Waals surface area contributed by atoms with Crippen LogP contribution >= 0.6 is 0 Å². The third-order valence-corrected chi connectivity index (χ3v) is 5.55. The van der Waals surface area contributed by atoms with E-state index in [2.05, 4.69) is 27.3 Å². The average molecular weight is 323 g/mol. The number of nitrogens with zero attached hydrogens (tertiary/aromatic N) is 5. The maximum absolute atomic E-state index is 11.7. The van der Waals surface area contributed by atoms with Crippen LogP contribution in [0, 0.1) is 0 Å². The first-order valence-electron chi connectivity index (χ1n) is 7.32. The van der Waals surface area contributed by atoms with Crippen molar-refractivity contribution in [3.8, 4) is 0 Å². The summed E-state index contributed by atoms with van der Waals surface area (Å²) in [6, 6.07) is 6.17. The van der Waals surface area contributed by atoms with Gasteiger partial charge in [-0.1, -0.05) is 11.3 Å². The normalized spacial score (nSPS) is 21.5. The van der Waals surface area contributed by atoms with Gasteiger partial charge in [0.25, 0.3) is 0 Å². The molecule has 1 aliphatic heterocycles. The Balaban J connectivity index is 1.71. The average Bonchev–Trinajstić information content (AvgIpc) is 2.78. The van der Waals surface area contributed by atoms with Crippen molar-refractivity contribution < 1.29 is 8.42 Å². The van der Waals surface area contributed by atoms with E-state index in [1.807, 2.05) is 20.0 Å². The summed E-state index contributed by atoms with van der Waals surface area (Å²) in [5, 5.41) is 8.15. The van der Waals surface area contributed by atoms with E-state index in [1.54, 1.807) is 8.99 Å². The smallest absolute Gasteiger partial charge is 0.211 e. The van der Waals surface area contributed by atoms with Crippen LogP contribution in [0.3, 0.4) is 0 Å². The van der Waals surface area contributed by atoms with Crippen LogP contribution in [0.15, 0.2) is 18.2 Å². The Kier molecular flexibility index (Phi) is 3.92. The van der Waals surface area contributed by atoms with Crippen molar-refractivity contribution in [1.82, 2.24) is 24.2 Å². The molecule has 1 aromatic heterocycles. The van der Waals surface area contributed by atoms with Gasteiger partial charge in [0.05, 0.1) is 11.8 Å². The zero-order chi connectivity index (χ0) is 15.9. The molecule has 2 heterocycles. The van der Waals surface area contributed by atoms with Crippen molar-refractivity contribution in [2.75, 3.05) is 25.9 Å². The number of piperazine rings is 1. The third-order valence-electron chi connectivity index (χ3n) is 4.16. The Labute approximate surface area is 130 Å². The van der Waals surface area contributed by atoms with E-state index >= 15 is 0 Å². The first-order valence-corrected chi connectivity index (χ1v) is 9.17. The van der Waals surface area contributed by atoms with Crippen LogP contribution in [0.2, 0.25) is 0 Å². The van der Waals surface area contributed by atoms with Gasteiger partial charge in [-0.15, -0.1) is 5.10 Å². The molecule has 1 aliphatic rings. The molecule has 0 unspecified atom stereocenters. The van der Waals surface area contributed by atoms with E-state index in [1.165, 1.54) is 11.8 Å². The molecule has 120 valence electrons. The zero-order valence-corrected chi connectivity index (χ0v) is 13.9. The van der Waals surface area contributed by atoms with Gasteiger partial charge < -0.3 is 0 Å². The molecule has 0 radical (unpaired) electrons. The van der Waals surface area contributed by atoms with Crippen LogP contribution in [0.4, 0.5) is 0 Å². The van der Waals surface area contributed by atoms with Crippen molar-refractivity contribution in [2.45, 2.75) is 19.5 Å². The molecule has 0 N–H and O–H groups in total. The SMILES string of the molecule is C[C@H]1CN(Cc2ccc3c(c2)nnn3C)CCN1S(C)(=O)=O. The van der Waals surface area contributed by atoms with Gasteiger partial charge in [-0.2, -0.15) is 4.31 Å². The second kappa shape index (κ2) is 5.60. The van der Waals surface area contributed by atoms with Gasteiger partial charge >= 0.3 is 0 Å². The molecule has 1 atom stereocenters. The molecule has 8 heteroatoms. The lowest BCUT2D eigenvalue weighted by molar-refractivity contribution is 0.138. The molecule has 0 bridgehead atoms. The van der Waals surface area contributed by atoms with Crippen molar-refractivity contribution in [3.63, 3.8) is 0 Å². The lowest BCUT2D eigenvalue weighted by Crippen LogP contribution is -2.53. The van der Waals surface area contributed by atoms with Gasteiger partial charge in [-0.25, -0.2) is 13.1 Å². The van der Waals surface area contributed by atoms with Crippen LogP contribution in [-0.4, -0.2) is 64.5 Å². The Bertz CT molecular complexity index is 786. The number of aromatic nitrogens is 3.